The minimum Gasteiger partial charge on any atom is -0.497 e. The van der Waals surface area contributed by atoms with Gasteiger partial charge >= 0.3 is 0 Å². The topological polar surface area (TPSA) is 119 Å². The molecule has 0 saturated carbocycles. The highest BCUT2D eigenvalue weighted by molar-refractivity contribution is 6.74. The van der Waals surface area contributed by atoms with Gasteiger partial charge in [0.15, 0.2) is 25.3 Å². The first-order chi connectivity index (χ1) is 26.9. The summed E-state index contributed by atoms with van der Waals surface area (Å²) in [5.74, 6) is 1.53. The molecule has 1 amide bonds. The number of amides is 1. The van der Waals surface area contributed by atoms with Crippen LogP contribution in [0.2, 0.25) is 18.1 Å². The molecule has 1 aliphatic heterocycles. The lowest BCUT2D eigenvalue weighted by Crippen LogP contribution is -2.47. The van der Waals surface area contributed by atoms with Gasteiger partial charge in [0.05, 0.1) is 33.3 Å². The monoisotopic (exact) mass is 771 g/mol. The molecule has 0 unspecified atom stereocenters. The fourth-order valence-electron chi connectivity index (χ4n) is 6.91. The Kier molecular flexibility index (Phi) is 11.1. The van der Waals surface area contributed by atoms with E-state index in [1.165, 1.54) is 6.33 Å². The van der Waals surface area contributed by atoms with Gasteiger partial charge in [-0.25, -0.2) is 15.0 Å². The summed E-state index contributed by atoms with van der Waals surface area (Å²) in [6.45, 7) is 11.4. The summed E-state index contributed by atoms with van der Waals surface area (Å²) in [7, 11) is 1.03. The Morgan fingerprint density at radius 3 is 1.95 bits per heavy atom. The maximum Gasteiger partial charge on any atom is 0.256 e. The van der Waals surface area contributed by atoms with Crippen LogP contribution in [0.3, 0.4) is 0 Å². The number of rotatable bonds is 13. The molecule has 3 atom stereocenters. The standard InChI is InChI=1S/C44H49N5O6Si/c1-43(2,3)56(6,7)55-36-26-38(49-29-47-39-40(45-28-46-41(39)49)48-42(50)30-14-10-8-11-15-30)54-37(36)27-53-44(31-16-12-9-13-17-31,32-18-22-34(51-4)23-19-32)33-20-24-35(52-5)25-21-33/h8-25,28-29,36-38H,26-27H2,1-7H3,(H,45,46,48,50)/t36-,37-,38-/m1/s1. The SMILES string of the molecule is COc1ccc(C(OC[C@H]2O[C@@H](n3cnc4c(NC(=O)c5ccccc5)ncnc43)C[C@H]2O[Si](C)(C)C(C)(C)C)(c2ccccc2)c2ccc(OC)cc2)cc1. The van der Waals surface area contributed by atoms with Gasteiger partial charge in [0.2, 0.25) is 0 Å². The Balaban J connectivity index is 1.26. The van der Waals surface area contributed by atoms with Crippen molar-refractivity contribution >= 4 is 31.2 Å². The Morgan fingerprint density at radius 1 is 0.804 bits per heavy atom. The van der Waals surface area contributed by atoms with Crippen molar-refractivity contribution in [2.45, 2.75) is 69.4 Å². The molecule has 7 rings (SSSR count). The lowest BCUT2D eigenvalue weighted by Gasteiger charge is -2.40. The van der Waals surface area contributed by atoms with Crippen LogP contribution in [0, 0.1) is 0 Å². The number of imidazole rings is 1. The summed E-state index contributed by atoms with van der Waals surface area (Å²) < 4.78 is 34.5. The van der Waals surface area contributed by atoms with E-state index in [2.05, 4.69) is 66.3 Å². The summed E-state index contributed by atoms with van der Waals surface area (Å²) in [6.07, 6.45) is 2.40. The van der Waals surface area contributed by atoms with Crippen molar-refractivity contribution in [3.63, 3.8) is 0 Å². The third kappa shape index (κ3) is 7.70. The molecule has 12 heteroatoms. The van der Waals surface area contributed by atoms with Crippen LogP contribution >= 0.6 is 0 Å². The van der Waals surface area contributed by atoms with Gasteiger partial charge in [-0.15, -0.1) is 0 Å². The number of hydrogen-bond acceptors (Lipinski definition) is 9. The van der Waals surface area contributed by atoms with Gasteiger partial charge in [0.25, 0.3) is 5.91 Å². The molecule has 11 nitrogen and oxygen atoms in total. The molecular weight excluding hydrogens is 723 g/mol. The minimum absolute atomic E-state index is 0.0444. The van der Waals surface area contributed by atoms with Crippen molar-refractivity contribution in [2.24, 2.45) is 0 Å². The van der Waals surface area contributed by atoms with E-state index in [4.69, 9.17) is 23.4 Å². The Morgan fingerprint density at radius 2 is 1.38 bits per heavy atom. The number of aromatic nitrogens is 4. The number of anilines is 1. The number of ether oxygens (including phenoxy) is 4. The third-order valence-corrected chi connectivity index (χ3v) is 15.5. The van der Waals surface area contributed by atoms with Crippen LogP contribution in [0.4, 0.5) is 5.82 Å². The minimum atomic E-state index is -2.29. The number of nitrogens with zero attached hydrogens (tertiary/aromatic N) is 4. The van der Waals surface area contributed by atoms with Crippen molar-refractivity contribution in [3.8, 4) is 11.5 Å². The second-order valence-corrected chi connectivity index (χ2v) is 20.2. The quantitative estimate of drug-likeness (QED) is 0.0908. The van der Waals surface area contributed by atoms with Crippen LogP contribution in [0.25, 0.3) is 11.2 Å². The van der Waals surface area contributed by atoms with Crippen LogP contribution in [0.5, 0.6) is 11.5 Å². The summed E-state index contributed by atoms with van der Waals surface area (Å²) in [5.41, 5.74) is 3.28. The lowest BCUT2D eigenvalue weighted by molar-refractivity contribution is -0.0914. The summed E-state index contributed by atoms with van der Waals surface area (Å²) >= 11 is 0. The number of hydrogen-bond donors (Lipinski definition) is 1. The fourth-order valence-corrected chi connectivity index (χ4v) is 8.26. The molecule has 4 aromatic carbocycles. The van der Waals surface area contributed by atoms with Gasteiger partial charge in [0, 0.05) is 12.0 Å². The van der Waals surface area contributed by atoms with Crippen molar-refractivity contribution in [1.29, 1.82) is 0 Å². The van der Waals surface area contributed by atoms with Crippen molar-refractivity contribution in [1.82, 2.24) is 19.5 Å². The van der Waals surface area contributed by atoms with Crippen LogP contribution in [0.15, 0.2) is 122 Å². The van der Waals surface area contributed by atoms with E-state index in [9.17, 15) is 4.79 Å². The number of carbonyl (C=O) groups excluding carboxylic acids is 1. The molecule has 0 bridgehead atoms. The molecule has 56 heavy (non-hydrogen) atoms. The van der Waals surface area contributed by atoms with Gasteiger partial charge in [-0.1, -0.05) is 93.6 Å². The number of methoxy groups -OCH3 is 2. The highest BCUT2D eigenvalue weighted by Crippen LogP contribution is 2.45. The first kappa shape index (κ1) is 38.9. The number of benzene rings is 4. The van der Waals surface area contributed by atoms with Gasteiger partial charge in [-0.2, -0.15) is 0 Å². The molecule has 1 saturated heterocycles. The van der Waals surface area contributed by atoms with E-state index in [0.717, 1.165) is 28.2 Å². The van der Waals surface area contributed by atoms with Crippen molar-refractivity contribution < 1.29 is 28.2 Å². The zero-order chi connectivity index (χ0) is 39.5. The average Bonchev–Trinajstić information content (AvgIpc) is 3.83. The van der Waals surface area contributed by atoms with E-state index >= 15 is 0 Å². The third-order valence-electron chi connectivity index (χ3n) is 11.0. The van der Waals surface area contributed by atoms with Gasteiger partial charge in [0.1, 0.15) is 35.8 Å². The second-order valence-electron chi connectivity index (χ2n) is 15.5. The molecule has 290 valence electrons. The highest BCUT2D eigenvalue weighted by atomic mass is 28.4. The number of fused-ring (bicyclic) bond motifs is 1. The molecule has 6 aromatic rings. The van der Waals surface area contributed by atoms with Crippen molar-refractivity contribution in [2.75, 3.05) is 26.1 Å². The number of nitrogens with one attached hydrogen (secondary N) is 1. The van der Waals surface area contributed by atoms with Crippen LogP contribution < -0.4 is 14.8 Å². The molecule has 0 spiro atoms. The van der Waals surface area contributed by atoms with E-state index in [1.807, 2.05) is 89.5 Å². The van der Waals surface area contributed by atoms with E-state index < -0.39 is 26.3 Å². The molecule has 0 radical (unpaired) electrons. The number of carbonyl (C=O) groups is 1. The van der Waals surface area contributed by atoms with E-state index in [-0.39, 0.29) is 23.7 Å². The first-order valence-corrected chi connectivity index (χ1v) is 21.7. The van der Waals surface area contributed by atoms with Crippen molar-refractivity contribution in [3.05, 3.63) is 144 Å². The van der Waals surface area contributed by atoms with Gasteiger partial charge < -0.3 is 28.7 Å². The zero-order valence-corrected chi connectivity index (χ0v) is 33.9. The summed E-state index contributed by atoms with van der Waals surface area (Å²) in [6, 6.07) is 35.2. The molecule has 2 aromatic heterocycles. The lowest BCUT2D eigenvalue weighted by atomic mass is 9.80. The second kappa shape index (κ2) is 16.0. The molecular formula is C44H49N5O6Si. The molecule has 0 aliphatic carbocycles. The molecule has 1 N–H and O–H groups in total. The molecule has 1 fully saturated rings. The van der Waals surface area contributed by atoms with Gasteiger partial charge in [-0.05, 0) is 71.2 Å². The van der Waals surface area contributed by atoms with E-state index in [0.29, 0.717) is 29.0 Å². The predicted octanol–water partition coefficient (Wildman–Crippen LogP) is 8.78. The van der Waals surface area contributed by atoms with Crippen LogP contribution in [0.1, 0.15) is 60.5 Å². The van der Waals surface area contributed by atoms with Crippen LogP contribution in [-0.4, -0.2) is 66.8 Å². The highest BCUT2D eigenvalue weighted by Gasteiger charge is 2.47. The van der Waals surface area contributed by atoms with Gasteiger partial charge in [-0.3, -0.25) is 9.36 Å². The Hall–Kier alpha value is -5.40. The maximum absolute atomic E-state index is 13.1. The van der Waals surface area contributed by atoms with E-state index in [1.54, 1.807) is 32.7 Å². The summed E-state index contributed by atoms with van der Waals surface area (Å²) in [4.78, 5) is 26.7. The normalized spacial score (nSPS) is 17.5. The Labute approximate surface area is 329 Å². The average molecular weight is 772 g/mol. The summed E-state index contributed by atoms with van der Waals surface area (Å²) in [5, 5.41) is 2.86. The van der Waals surface area contributed by atoms with Crippen LogP contribution in [-0.2, 0) is 19.5 Å². The Bertz CT molecular complexity index is 2200. The first-order valence-electron chi connectivity index (χ1n) is 18.8. The zero-order valence-electron chi connectivity index (χ0n) is 32.9. The molecule has 3 heterocycles. The molecule has 1 aliphatic rings. The predicted molar refractivity (Wildman–Crippen MR) is 219 cm³/mol. The largest absolute Gasteiger partial charge is 0.497 e. The smallest absolute Gasteiger partial charge is 0.256 e. The maximum atomic E-state index is 13.1. The fraction of sp³-hybridized carbons (Fsp3) is 0.318.